The molecule has 0 radical (unpaired) electrons. The Hall–Kier alpha value is -5.03. The maximum Gasteiger partial charge on any atom is 0.307 e. The van der Waals surface area contributed by atoms with Gasteiger partial charge < -0.3 is 13.3 Å². The molecule has 0 aliphatic rings. The van der Waals surface area contributed by atoms with Gasteiger partial charge in [-0.05, 0) is 42.5 Å². The largest absolute Gasteiger partial charge is 0.456 e. The third kappa shape index (κ3) is 2.22. The number of para-hydroxylation sites is 3. The predicted octanol–water partition coefficient (Wildman–Crippen LogP) is 8.72. The molecule has 36 heavy (non-hydrogen) atoms. The van der Waals surface area contributed by atoms with Crippen molar-refractivity contribution in [3.8, 4) is 6.01 Å². The molecule has 4 heterocycles. The molecule has 5 nitrogen and oxygen atoms in total. The second-order valence-corrected chi connectivity index (χ2v) is 9.20. The van der Waals surface area contributed by atoms with E-state index in [0.29, 0.717) is 6.01 Å². The van der Waals surface area contributed by atoms with Crippen LogP contribution in [0.1, 0.15) is 0 Å². The van der Waals surface area contributed by atoms with Crippen LogP contribution < -0.4 is 0 Å². The van der Waals surface area contributed by atoms with Crippen LogP contribution in [0.4, 0.5) is 0 Å². The summed E-state index contributed by atoms with van der Waals surface area (Å²) < 4.78 is 20.9. The highest BCUT2D eigenvalue weighted by Gasteiger charge is 2.21. The van der Waals surface area contributed by atoms with Crippen LogP contribution in [0, 0.1) is 0 Å². The number of nitrogens with zero attached hydrogens (tertiary/aromatic N) is 2. The molecule has 0 bridgehead atoms. The summed E-state index contributed by atoms with van der Waals surface area (Å²) in [6.45, 7) is 0. The highest BCUT2D eigenvalue weighted by atomic mass is 16.4. The summed E-state index contributed by atoms with van der Waals surface area (Å²) in [5, 5.41) is 6.35. The number of fused-ring (bicyclic) bond motifs is 11. The molecule has 9 aromatic rings. The first-order chi connectivity index (χ1) is 17.8. The van der Waals surface area contributed by atoms with E-state index in [-0.39, 0.29) is 0 Å². The van der Waals surface area contributed by atoms with E-state index in [2.05, 4.69) is 47.0 Å². The van der Waals surface area contributed by atoms with Gasteiger partial charge >= 0.3 is 6.01 Å². The molecule has 0 N–H and O–H groups in total. The molecule has 0 fully saturated rings. The maximum atomic E-state index is 6.56. The van der Waals surface area contributed by atoms with E-state index in [0.717, 1.165) is 76.8 Å². The number of oxazole rings is 1. The molecule has 9 rings (SSSR count). The fourth-order valence-corrected chi connectivity index (χ4v) is 5.67. The van der Waals surface area contributed by atoms with Gasteiger partial charge in [-0.2, -0.15) is 4.98 Å². The predicted molar refractivity (Wildman–Crippen MR) is 143 cm³/mol. The van der Waals surface area contributed by atoms with E-state index >= 15 is 0 Å². The average Bonchev–Trinajstić information content (AvgIpc) is 3.66. The first-order valence-corrected chi connectivity index (χ1v) is 11.9. The van der Waals surface area contributed by atoms with Crippen LogP contribution in [0.2, 0.25) is 0 Å². The van der Waals surface area contributed by atoms with Gasteiger partial charge in [0.2, 0.25) is 0 Å². The molecule has 0 saturated heterocycles. The molecule has 0 spiro atoms. The van der Waals surface area contributed by atoms with Crippen LogP contribution >= 0.6 is 0 Å². The SMILES string of the molecule is c1ccc2c(c1)oc1cc3c4ccccc4n(-c4nc5ccc6oc7ccccc7c6c5o4)c3cc12. The van der Waals surface area contributed by atoms with Gasteiger partial charge in [0.1, 0.15) is 27.8 Å². The van der Waals surface area contributed by atoms with Gasteiger partial charge in [-0.25, -0.2) is 0 Å². The summed E-state index contributed by atoms with van der Waals surface area (Å²) in [4.78, 5) is 4.95. The molecule has 0 atom stereocenters. The van der Waals surface area contributed by atoms with Gasteiger partial charge in [-0.1, -0.05) is 54.6 Å². The zero-order valence-electron chi connectivity index (χ0n) is 18.9. The lowest BCUT2D eigenvalue weighted by atomic mass is 10.1. The number of rotatable bonds is 1. The van der Waals surface area contributed by atoms with Crippen molar-refractivity contribution in [3.05, 3.63) is 97.1 Å². The van der Waals surface area contributed by atoms with Gasteiger partial charge in [0.15, 0.2) is 5.58 Å². The molecule has 0 saturated carbocycles. The molecular weight excluding hydrogens is 448 g/mol. The van der Waals surface area contributed by atoms with E-state index in [1.54, 1.807) is 0 Å². The summed E-state index contributed by atoms with van der Waals surface area (Å²) in [5.74, 6) is 0. The Labute approximate surface area is 202 Å². The lowest BCUT2D eigenvalue weighted by Gasteiger charge is -2.01. The maximum absolute atomic E-state index is 6.56. The second kappa shape index (κ2) is 6.34. The Bertz CT molecular complexity index is 2330. The van der Waals surface area contributed by atoms with Gasteiger partial charge in [0.05, 0.1) is 16.4 Å². The van der Waals surface area contributed by atoms with Crippen molar-refractivity contribution < 1.29 is 13.3 Å². The van der Waals surface area contributed by atoms with Crippen LogP contribution in [0.15, 0.2) is 110 Å². The third-order valence-corrected chi connectivity index (χ3v) is 7.25. The van der Waals surface area contributed by atoms with E-state index in [9.17, 15) is 0 Å². The van der Waals surface area contributed by atoms with Crippen LogP contribution in [0.25, 0.3) is 82.8 Å². The Morgan fingerprint density at radius 2 is 1.22 bits per heavy atom. The minimum Gasteiger partial charge on any atom is -0.456 e. The van der Waals surface area contributed by atoms with E-state index in [1.807, 2.05) is 54.6 Å². The van der Waals surface area contributed by atoms with Crippen molar-refractivity contribution in [1.82, 2.24) is 9.55 Å². The zero-order chi connectivity index (χ0) is 23.4. The standard InChI is InChI=1S/C31H16N2O3/c1-4-10-23-17(7-1)20-16-28-21(18-8-2-5-11-25(18)35-28)15-24(20)33(23)31-32-22-13-14-27-29(30(22)36-31)19-9-3-6-12-26(19)34-27/h1-16H. The molecule has 4 aromatic heterocycles. The number of hydrogen-bond acceptors (Lipinski definition) is 4. The molecule has 0 aliphatic carbocycles. The number of benzene rings is 5. The first kappa shape index (κ1) is 18.3. The van der Waals surface area contributed by atoms with Crippen LogP contribution in [0.3, 0.4) is 0 Å². The summed E-state index contributed by atoms with van der Waals surface area (Å²) in [6, 6.07) is 33.3. The van der Waals surface area contributed by atoms with E-state index < -0.39 is 0 Å². The first-order valence-electron chi connectivity index (χ1n) is 11.9. The van der Waals surface area contributed by atoms with Gasteiger partial charge in [-0.15, -0.1) is 0 Å². The van der Waals surface area contributed by atoms with Crippen molar-refractivity contribution in [1.29, 1.82) is 0 Å². The van der Waals surface area contributed by atoms with Crippen molar-refractivity contribution in [2.45, 2.75) is 0 Å². The Morgan fingerprint density at radius 1 is 0.500 bits per heavy atom. The van der Waals surface area contributed by atoms with Gasteiger partial charge in [-0.3, -0.25) is 4.57 Å². The molecule has 5 aromatic carbocycles. The smallest absolute Gasteiger partial charge is 0.307 e. The minimum atomic E-state index is 0.529. The van der Waals surface area contributed by atoms with Crippen LogP contribution in [-0.4, -0.2) is 9.55 Å². The zero-order valence-corrected chi connectivity index (χ0v) is 18.9. The lowest BCUT2D eigenvalue weighted by Crippen LogP contribution is -1.93. The minimum absolute atomic E-state index is 0.529. The number of hydrogen-bond donors (Lipinski definition) is 0. The van der Waals surface area contributed by atoms with Crippen molar-refractivity contribution in [2.24, 2.45) is 0 Å². The fourth-order valence-electron chi connectivity index (χ4n) is 5.67. The average molecular weight is 464 g/mol. The topological polar surface area (TPSA) is 57.2 Å². The molecule has 168 valence electrons. The van der Waals surface area contributed by atoms with Crippen LogP contribution in [-0.2, 0) is 0 Å². The molecular formula is C31H16N2O3. The highest BCUT2D eigenvalue weighted by Crippen LogP contribution is 2.40. The Balaban J connectivity index is 1.43. The summed E-state index contributed by atoms with van der Waals surface area (Å²) in [7, 11) is 0. The molecule has 0 aliphatic heterocycles. The Kier molecular flexibility index (Phi) is 3.23. The second-order valence-electron chi connectivity index (χ2n) is 9.20. The summed E-state index contributed by atoms with van der Waals surface area (Å²) in [6.07, 6.45) is 0. The normalized spacial score (nSPS) is 12.4. The molecule has 0 unspecified atom stereocenters. The van der Waals surface area contributed by atoms with Gasteiger partial charge in [0, 0.05) is 26.9 Å². The van der Waals surface area contributed by atoms with E-state index in [4.69, 9.17) is 18.2 Å². The van der Waals surface area contributed by atoms with Crippen molar-refractivity contribution in [2.75, 3.05) is 0 Å². The third-order valence-electron chi connectivity index (χ3n) is 7.25. The fraction of sp³-hybridized carbons (Fsp3) is 0. The number of furan rings is 2. The van der Waals surface area contributed by atoms with Crippen molar-refractivity contribution >= 4 is 76.8 Å². The molecule has 0 amide bonds. The summed E-state index contributed by atoms with van der Waals surface area (Å²) >= 11 is 0. The Morgan fingerprint density at radius 3 is 2.11 bits per heavy atom. The molecule has 5 heteroatoms. The monoisotopic (exact) mass is 464 g/mol. The summed E-state index contributed by atoms with van der Waals surface area (Å²) in [5.41, 5.74) is 6.96. The number of aromatic nitrogens is 2. The van der Waals surface area contributed by atoms with Crippen molar-refractivity contribution in [3.63, 3.8) is 0 Å². The quantitative estimate of drug-likeness (QED) is 0.244. The van der Waals surface area contributed by atoms with Crippen LogP contribution in [0.5, 0.6) is 0 Å². The lowest BCUT2D eigenvalue weighted by molar-refractivity contribution is 0.577. The highest BCUT2D eigenvalue weighted by molar-refractivity contribution is 6.18. The van der Waals surface area contributed by atoms with Gasteiger partial charge in [0.25, 0.3) is 0 Å². The van der Waals surface area contributed by atoms with E-state index in [1.165, 1.54) is 0 Å².